The molecular formula is C11H18N2O3. The first kappa shape index (κ1) is 11.4. The van der Waals surface area contributed by atoms with E-state index in [0.717, 1.165) is 32.2 Å². The molecule has 2 aliphatic heterocycles. The topological polar surface area (TPSA) is 69.6 Å². The SMILES string of the molecule is O=C(O)C1CCCN1C(=O)[C@@H]1CCCCN1. The van der Waals surface area contributed by atoms with Gasteiger partial charge in [0.25, 0.3) is 0 Å². The highest BCUT2D eigenvalue weighted by Crippen LogP contribution is 2.20. The Morgan fingerprint density at radius 2 is 2.00 bits per heavy atom. The van der Waals surface area contributed by atoms with E-state index in [1.807, 2.05) is 0 Å². The average molecular weight is 226 g/mol. The number of carbonyl (C=O) groups excluding carboxylic acids is 1. The van der Waals surface area contributed by atoms with Crippen molar-refractivity contribution in [3.05, 3.63) is 0 Å². The van der Waals surface area contributed by atoms with Gasteiger partial charge in [-0.1, -0.05) is 6.42 Å². The molecule has 0 aromatic carbocycles. The number of piperidine rings is 1. The van der Waals surface area contributed by atoms with Gasteiger partial charge in [-0.05, 0) is 32.2 Å². The van der Waals surface area contributed by atoms with Gasteiger partial charge in [0.05, 0.1) is 6.04 Å². The predicted molar refractivity (Wildman–Crippen MR) is 58.0 cm³/mol. The molecule has 0 saturated carbocycles. The van der Waals surface area contributed by atoms with E-state index in [0.29, 0.717) is 13.0 Å². The van der Waals surface area contributed by atoms with Crippen LogP contribution in [-0.2, 0) is 9.59 Å². The second-order valence-electron chi connectivity index (χ2n) is 4.53. The molecule has 1 amide bonds. The molecule has 2 atom stereocenters. The fourth-order valence-corrected chi connectivity index (χ4v) is 2.55. The molecule has 2 rings (SSSR count). The molecule has 90 valence electrons. The lowest BCUT2D eigenvalue weighted by molar-refractivity contribution is -0.149. The van der Waals surface area contributed by atoms with Crippen LogP contribution in [0.25, 0.3) is 0 Å². The second-order valence-corrected chi connectivity index (χ2v) is 4.53. The number of aliphatic carboxylic acids is 1. The monoisotopic (exact) mass is 226 g/mol. The standard InChI is InChI=1S/C11H18N2O3/c14-10(8-4-1-2-6-12-8)13-7-3-5-9(13)11(15)16/h8-9,12H,1-7H2,(H,15,16)/t8-,9?/m0/s1. The van der Waals surface area contributed by atoms with Crippen LogP contribution in [0.4, 0.5) is 0 Å². The van der Waals surface area contributed by atoms with Gasteiger partial charge in [0.1, 0.15) is 6.04 Å². The molecule has 0 aromatic rings. The molecule has 0 aliphatic carbocycles. The molecule has 16 heavy (non-hydrogen) atoms. The van der Waals surface area contributed by atoms with Gasteiger partial charge in [0, 0.05) is 6.54 Å². The number of amides is 1. The Bertz CT molecular complexity index is 287. The van der Waals surface area contributed by atoms with Crippen molar-refractivity contribution >= 4 is 11.9 Å². The predicted octanol–water partition coefficient (Wildman–Crippen LogP) is 0.204. The molecule has 2 fully saturated rings. The molecule has 5 nitrogen and oxygen atoms in total. The van der Waals surface area contributed by atoms with Crippen LogP contribution in [0.5, 0.6) is 0 Å². The first-order valence-corrected chi connectivity index (χ1v) is 5.97. The fraction of sp³-hybridized carbons (Fsp3) is 0.818. The van der Waals surface area contributed by atoms with Crippen molar-refractivity contribution in [2.24, 2.45) is 0 Å². The summed E-state index contributed by atoms with van der Waals surface area (Å²) in [5.74, 6) is -0.897. The van der Waals surface area contributed by atoms with Gasteiger partial charge in [-0.2, -0.15) is 0 Å². The molecule has 0 radical (unpaired) electrons. The summed E-state index contributed by atoms with van der Waals surface area (Å²) in [7, 11) is 0. The highest BCUT2D eigenvalue weighted by molar-refractivity contribution is 5.87. The van der Waals surface area contributed by atoms with E-state index in [2.05, 4.69) is 5.32 Å². The van der Waals surface area contributed by atoms with Crippen molar-refractivity contribution in [1.29, 1.82) is 0 Å². The summed E-state index contributed by atoms with van der Waals surface area (Å²) < 4.78 is 0. The van der Waals surface area contributed by atoms with Crippen LogP contribution < -0.4 is 5.32 Å². The van der Waals surface area contributed by atoms with E-state index < -0.39 is 12.0 Å². The minimum absolute atomic E-state index is 0.0235. The number of rotatable bonds is 2. The van der Waals surface area contributed by atoms with Crippen LogP contribution in [0.1, 0.15) is 32.1 Å². The Morgan fingerprint density at radius 1 is 1.19 bits per heavy atom. The first-order chi connectivity index (χ1) is 7.70. The molecule has 0 bridgehead atoms. The summed E-state index contributed by atoms with van der Waals surface area (Å²) in [6.07, 6.45) is 4.38. The van der Waals surface area contributed by atoms with Gasteiger partial charge >= 0.3 is 5.97 Å². The Hall–Kier alpha value is -1.10. The number of nitrogens with one attached hydrogen (secondary N) is 1. The lowest BCUT2D eigenvalue weighted by Gasteiger charge is -2.29. The van der Waals surface area contributed by atoms with E-state index in [1.165, 1.54) is 4.90 Å². The minimum atomic E-state index is -0.873. The van der Waals surface area contributed by atoms with Crippen molar-refractivity contribution in [2.45, 2.75) is 44.2 Å². The quantitative estimate of drug-likeness (QED) is 0.706. The number of hydrogen-bond acceptors (Lipinski definition) is 3. The fourth-order valence-electron chi connectivity index (χ4n) is 2.55. The molecule has 2 aliphatic rings. The van der Waals surface area contributed by atoms with Crippen molar-refractivity contribution < 1.29 is 14.7 Å². The van der Waals surface area contributed by atoms with E-state index in [9.17, 15) is 9.59 Å². The third-order valence-corrected chi connectivity index (χ3v) is 3.43. The molecule has 0 spiro atoms. The Morgan fingerprint density at radius 3 is 2.62 bits per heavy atom. The summed E-state index contributed by atoms with van der Waals surface area (Å²) in [5, 5.41) is 12.2. The number of hydrogen-bond donors (Lipinski definition) is 2. The Labute approximate surface area is 94.8 Å². The van der Waals surface area contributed by atoms with Crippen LogP contribution >= 0.6 is 0 Å². The lowest BCUT2D eigenvalue weighted by Crippen LogP contribution is -2.51. The van der Waals surface area contributed by atoms with E-state index >= 15 is 0 Å². The molecular weight excluding hydrogens is 208 g/mol. The van der Waals surface area contributed by atoms with Gasteiger partial charge < -0.3 is 15.3 Å². The van der Waals surface area contributed by atoms with Crippen LogP contribution in [0.2, 0.25) is 0 Å². The summed E-state index contributed by atoms with van der Waals surface area (Å²) in [6.45, 7) is 1.45. The zero-order valence-corrected chi connectivity index (χ0v) is 9.32. The van der Waals surface area contributed by atoms with Gasteiger partial charge in [0.15, 0.2) is 0 Å². The van der Waals surface area contributed by atoms with Gasteiger partial charge in [-0.25, -0.2) is 4.79 Å². The Balaban J connectivity index is 1.99. The van der Waals surface area contributed by atoms with E-state index in [4.69, 9.17) is 5.11 Å². The second kappa shape index (κ2) is 4.82. The summed E-state index contributed by atoms with van der Waals surface area (Å²) >= 11 is 0. The van der Waals surface area contributed by atoms with Gasteiger partial charge in [-0.3, -0.25) is 4.79 Å². The number of carboxylic acid groups (broad SMARTS) is 1. The normalized spacial score (nSPS) is 30.4. The van der Waals surface area contributed by atoms with E-state index in [1.54, 1.807) is 0 Å². The number of carboxylic acids is 1. The number of likely N-dealkylation sites (tertiary alicyclic amines) is 1. The van der Waals surface area contributed by atoms with Crippen molar-refractivity contribution in [3.63, 3.8) is 0 Å². The van der Waals surface area contributed by atoms with Gasteiger partial charge in [0.2, 0.25) is 5.91 Å². The van der Waals surface area contributed by atoms with Crippen LogP contribution in [0.3, 0.4) is 0 Å². The highest BCUT2D eigenvalue weighted by atomic mass is 16.4. The highest BCUT2D eigenvalue weighted by Gasteiger charge is 2.37. The average Bonchev–Trinajstić information content (AvgIpc) is 2.78. The summed E-state index contributed by atoms with van der Waals surface area (Å²) in [5.41, 5.74) is 0. The smallest absolute Gasteiger partial charge is 0.326 e. The molecule has 2 N–H and O–H groups in total. The largest absolute Gasteiger partial charge is 0.480 e. The Kier molecular flexibility index (Phi) is 3.43. The summed E-state index contributed by atoms with van der Waals surface area (Å²) in [6, 6.07) is -0.759. The van der Waals surface area contributed by atoms with Crippen molar-refractivity contribution in [2.75, 3.05) is 13.1 Å². The van der Waals surface area contributed by atoms with Crippen LogP contribution in [-0.4, -0.2) is 47.1 Å². The molecule has 2 saturated heterocycles. The molecule has 2 heterocycles. The van der Waals surface area contributed by atoms with Crippen molar-refractivity contribution in [1.82, 2.24) is 10.2 Å². The van der Waals surface area contributed by atoms with Crippen molar-refractivity contribution in [3.8, 4) is 0 Å². The maximum absolute atomic E-state index is 12.1. The lowest BCUT2D eigenvalue weighted by atomic mass is 10.0. The molecule has 1 unspecified atom stereocenters. The number of carbonyl (C=O) groups is 2. The van der Waals surface area contributed by atoms with Gasteiger partial charge in [-0.15, -0.1) is 0 Å². The molecule has 0 aromatic heterocycles. The minimum Gasteiger partial charge on any atom is -0.480 e. The molecule has 5 heteroatoms. The summed E-state index contributed by atoms with van der Waals surface area (Å²) in [4.78, 5) is 24.6. The maximum atomic E-state index is 12.1. The third kappa shape index (κ3) is 2.19. The maximum Gasteiger partial charge on any atom is 0.326 e. The van der Waals surface area contributed by atoms with Crippen LogP contribution in [0.15, 0.2) is 0 Å². The number of nitrogens with zero attached hydrogens (tertiary/aromatic N) is 1. The first-order valence-electron chi connectivity index (χ1n) is 5.97. The zero-order chi connectivity index (χ0) is 11.5. The zero-order valence-electron chi connectivity index (χ0n) is 9.32. The van der Waals surface area contributed by atoms with Crippen LogP contribution in [0, 0.1) is 0 Å². The third-order valence-electron chi connectivity index (χ3n) is 3.43. The van der Waals surface area contributed by atoms with E-state index in [-0.39, 0.29) is 11.9 Å².